The monoisotopic (exact) mass is 672 g/mol. The lowest BCUT2D eigenvalue weighted by Crippen LogP contribution is -2.28. The van der Waals surface area contributed by atoms with Gasteiger partial charge >= 0.3 is 5.97 Å². The standard InChI is InChI=1S/C36H30Cl2N2O5S/c1-3-8-26-17-24(18-31(44-4-2)33(26)45-22-27-15-16-28(37)20-30(27)38)19-32-34(41)40(21-23-11-13-25(14-12-23)35(42)43)36(46-32)39-29-9-6-5-7-10-29/h3,5-7,9-20H,1,4,8,21-22H2,2H3,(H,42,43)/b32-19-,39-36?. The van der Waals surface area contributed by atoms with Crippen molar-refractivity contribution in [1.29, 1.82) is 0 Å². The lowest BCUT2D eigenvalue weighted by Gasteiger charge is -2.17. The minimum atomic E-state index is -1.01. The number of benzene rings is 4. The molecule has 0 radical (unpaired) electrons. The normalized spacial score (nSPS) is 14.6. The molecule has 0 aromatic heterocycles. The zero-order valence-corrected chi connectivity index (χ0v) is 27.2. The molecule has 7 nitrogen and oxygen atoms in total. The maximum absolute atomic E-state index is 13.9. The van der Waals surface area contributed by atoms with Crippen LogP contribution >= 0.6 is 35.0 Å². The summed E-state index contributed by atoms with van der Waals surface area (Å²) in [5.74, 6) is -0.132. The van der Waals surface area contributed by atoms with Crippen LogP contribution in [0.15, 0.2) is 107 Å². The first-order valence-corrected chi connectivity index (χ1v) is 16.0. The van der Waals surface area contributed by atoms with Crippen molar-refractivity contribution < 1.29 is 24.2 Å². The van der Waals surface area contributed by atoms with Crippen LogP contribution in [-0.4, -0.2) is 33.7 Å². The average molecular weight is 674 g/mol. The molecule has 1 amide bonds. The second-order valence-corrected chi connectivity index (χ2v) is 12.0. The molecule has 46 heavy (non-hydrogen) atoms. The molecule has 4 aromatic rings. The van der Waals surface area contributed by atoms with Crippen LogP contribution in [-0.2, 0) is 24.4 Å². The van der Waals surface area contributed by atoms with Crippen LogP contribution in [0.3, 0.4) is 0 Å². The highest BCUT2D eigenvalue weighted by atomic mass is 35.5. The number of carbonyl (C=O) groups excluding carboxylic acids is 1. The first-order valence-electron chi connectivity index (χ1n) is 14.4. The Morgan fingerprint density at radius 3 is 2.43 bits per heavy atom. The molecule has 0 unspecified atom stereocenters. The molecule has 0 atom stereocenters. The Kier molecular flexibility index (Phi) is 10.9. The van der Waals surface area contributed by atoms with E-state index in [1.165, 1.54) is 23.9 Å². The van der Waals surface area contributed by atoms with Crippen molar-refractivity contribution >= 4 is 63.8 Å². The Morgan fingerprint density at radius 2 is 1.76 bits per heavy atom. The van der Waals surface area contributed by atoms with Crippen LogP contribution in [0, 0.1) is 0 Å². The summed E-state index contributed by atoms with van der Waals surface area (Å²) in [5.41, 5.74) is 4.02. The number of ether oxygens (including phenoxy) is 2. The molecule has 5 rings (SSSR count). The van der Waals surface area contributed by atoms with Gasteiger partial charge in [0.05, 0.1) is 29.3 Å². The number of carboxylic acid groups (broad SMARTS) is 1. The van der Waals surface area contributed by atoms with Gasteiger partial charge in [-0.25, -0.2) is 9.79 Å². The zero-order chi connectivity index (χ0) is 32.6. The van der Waals surface area contributed by atoms with Gasteiger partial charge in [-0.2, -0.15) is 0 Å². The number of carbonyl (C=O) groups is 2. The van der Waals surface area contributed by atoms with Crippen LogP contribution in [0.25, 0.3) is 6.08 Å². The molecule has 1 fully saturated rings. The van der Waals surface area contributed by atoms with Gasteiger partial charge in [0.1, 0.15) is 6.61 Å². The maximum Gasteiger partial charge on any atom is 0.335 e. The molecule has 10 heteroatoms. The fourth-order valence-electron chi connectivity index (χ4n) is 4.72. The van der Waals surface area contributed by atoms with Crippen molar-refractivity contribution in [3.8, 4) is 11.5 Å². The fraction of sp³-hybridized carbons (Fsp3) is 0.139. The number of para-hydroxylation sites is 1. The van der Waals surface area contributed by atoms with Gasteiger partial charge in [0, 0.05) is 21.2 Å². The number of aliphatic imine (C=N–C) groups is 1. The number of amides is 1. The third-order valence-corrected chi connectivity index (χ3v) is 8.51. The number of rotatable bonds is 12. The highest BCUT2D eigenvalue weighted by Gasteiger charge is 2.33. The molecular formula is C36H30Cl2N2O5S. The molecule has 1 aliphatic rings. The summed E-state index contributed by atoms with van der Waals surface area (Å²) in [7, 11) is 0. The summed E-state index contributed by atoms with van der Waals surface area (Å²) in [4.78, 5) is 32.0. The minimum Gasteiger partial charge on any atom is -0.490 e. The number of thioether (sulfide) groups is 1. The number of allylic oxidation sites excluding steroid dienone is 1. The van der Waals surface area contributed by atoms with Crippen LogP contribution in [0.1, 0.15) is 39.5 Å². The molecule has 4 aromatic carbocycles. The first kappa shape index (κ1) is 32.9. The van der Waals surface area contributed by atoms with E-state index in [0.29, 0.717) is 50.3 Å². The van der Waals surface area contributed by atoms with Gasteiger partial charge in [-0.05, 0) is 90.8 Å². The molecule has 0 spiro atoms. The van der Waals surface area contributed by atoms with E-state index >= 15 is 0 Å². The van der Waals surface area contributed by atoms with E-state index < -0.39 is 5.97 Å². The Hall–Kier alpha value is -4.50. The summed E-state index contributed by atoms with van der Waals surface area (Å²) < 4.78 is 12.3. The third kappa shape index (κ3) is 8.01. The van der Waals surface area contributed by atoms with Crippen molar-refractivity contribution in [2.75, 3.05) is 6.61 Å². The van der Waals surface area contributed by atoms with E-state index in [-0.39, 0.29) is 24.6 Å². The summed E-state index contributed by atoms with van der Waals surface area (Å²) in [5, 5.41) is 10.8. The lowest BCUT2D eigenvalue weighted by atomic mass is 10.0. The molecule has 1 heterocycles. The Labute approximate surface area is 281 Å². The number of halogens is 2. The lowest BCUT2D eigenvalue weighted by molar-refractivity contribution is -0.122. The first-order chi connectivity index (χ1) is 22.2. The Bertz CT molecular complexity index is 1820. The third-order valence-electron chi connectivity index (χ3n) is 6.91. The van der Waals surface area contributed by atoms with Gasteiger partial charge in [-0.1, -0.05) is 65.7 Å². The Morgan fingerprint density at radius 1 is 1.00 bits per heavy atom. The topological polar surface area (TPSA) is 88.4 Å². The van der Waals surface area contributed by atoms with Crippen LogP contribution in [0.2, 0.25) is 10.0 Å². The highest BCUT2D eigenvalue weighted by Crippen LogP contribution is 2.39. The fourth-order valence-corrected chi connectivity index (χ4v) is 6.18. The van der Waals surface area contributed by atoms with Gasteiger partial charge in [0.2, 0.25) is 0 Å². The van der Waals surface area contributed by atoms with Gasteiger partial charge in [0.25, 0.3) is 5.91 Å². The molecule has 0 bridgehead atoms. The van der Waals surface area contributed by atoms with Crippen molar-refractivity contribution in [2.45, 2.75) is 26.5 Å². The highest BCUT2D eigenvalue weighted by molar-refractivity contribution is 8.18. The Balaban J connectivity index is 1.49. The maximum atomic E-state index is 13.9. The van der Waals surface area contributed by atoms with E-state index in [1.807, 2.05) is 61.5 Å². The van der Waals surface area contributed by atoms with Gasteiger partial charge in [0.15, 0.2) is 16.7 Å². The summed E-state index contributed by atoms with van der Waals surface area (Å²) >= 11 is 13.7. The van der Waals surface area contributed by atoms with Crippen molar-refractivity contribution in [3.63, 3.8) is 0 Å². The van der Waals surface area contributed by atoms with Gasteiger partial charge in [-0.15, -0.1) is 6.58 Å². The number of hydrogen-bond donors (Lipinski definition) is 1. The minimum absolute atomic E-state index is 0.175. The van der Waals surface area contributed by atoms with Crippen LogP contribution in [0.4, 0.5) is 5.69 Å². The summed E-state index contributed by atoms with van der Waals surface area (Å²) in [6.45, 7) is 6.64. The molecular weight excluding hydrogens is 643 g/mol. The molecule has 234 valence electrons. The summed E-state index contributed by atoms with van der Waals surface area (Å²) in [6, 6.07) is 24.9. The van der Waals surface area contributed by atoms with Crippen molar-refractivity contribution in [3.05, 3.63) is 140 Å². The van der Waals surface area contributed by atoms with E-state index in [2.05, 4.69) is 6.58 Å². The number of nitrogens with zero attached hydrogens (tertiary/aromatic N) is 2. The van der Waals surface area contributed by atoms with E-state index in [0.717, 1.165) is 22.3 Å². The van der Waals surface area contributed by atoms with Crippen molar-refractivity contribution in [2.24, 2.45) is 4.99 Å². The van der Waals surface area contributed by atoms with Crippen LogP contribution in [0.5, 0.6) is 11.5 Å². The van der Waals surface area contributed by atoms with Gasteiger partial charge in [-0.3, -0.25) is 9.69 Å². The smallest absolute Gasteiger partial charge is 0.335 e. The molecule has 0 aliphatic carbocycles. The van der Waals surface area contributed by atoms with E-state index in [9.17, 15) is 14.7 Å². The quantitative estimate of drug-likeness (QED) is 0.119. The molecule has 1 saturated heterocycles. The second kappa shape index (κ2) is 15.2. The average Bonchev–Trinajstić information content (AvgIpc) is 3.31. The predicted molar refractivity (Wildman–Crippen MR) is 185 cm³/mol. The number of carboxylic acids is 1. The SMILES string of the molecule is C=CCc1cc(/C=C2\SC(=Nc3ccccc3)N(Cc3ccc(C(=O)O)cc3)C2=O)cc(OCC)c1OCc1ccc(Cl)cc1Cl. The van der Waals surface area contributed by atoms with Gasteiger partial charge < -0.3 is 14.6 Å². The number of amidine groups is 1. The van der Waals surface area contributed by atoms with Crippen LogP contribution < -0.4 is 9.47 Å². The number of hydrogen-bond acceptors (Lipinski definition) is 6. The summed E-state index contributed by atoms with van der Waals surface area (Å²) in [6.07, 6.45) is 4.10. The molecule has 0 saturated carbocycles. The second-order valence-electron chi connectivity index (χ2n) is 10.2. The van der Waals surface area contributed by atoms with E-state index in [4.69, 9.17) is 37.7 Å². The molecule has 1 N–H and O–H groups in total. The van der Waals surface area contributed by atoms with Crippen molar-refractivity contribution in [1.82, 2.24) is 4.90 Å². The molecule has 1 aliphatic heterocycles. The number of aromatic carboxylic acids is 1. The van der Waals surface area contributed by atoms with E-state index in [1.54, 1.807) is 35.2 Å². The zero-order valence-electron chi connectivity index (χ0n) is 24.9. The largest absolute Gasteiger partial charge is 0.490 e. The predicted octanol–water partition coefficient (Wildman–Crippen LogP) is 9.20.